The number of rotatable bonds is 5. The fourth-order valence-electron chi connectivity index (χ4n) is 3.91. The molecule has 3 aromatic rings. The van der Waals surface area contributed by atoms with Gasteiger partial charge >= 0.3 is 0 Å². The molecule has 158 valence electrons. The van der Waals surface area contributed by atoms with Crippen molar-refractivity contribution in [3.63, 3.8) is 0 Å². The summed E-state index contributed by atoms with van der Waals surface area (Å²) in [4.78, 5) is 9.18. The molecule has 0 aliphatic carbocycles. The van der Waals surface area contributed by atoms with E-state index in [0.29, 0.717) is 17.0 Å². The van der Waals surface area contributed by atoms with Gasteiger partial charge in [-0.2, -0.15) is 0 Å². The van der Waals surface area contributed by atoms with Crippen molar-refractivity contribution in [3.05, 3.63) is 53.9 Å². The SMILES string of the molecule is CC(C)c1cc(-c2ncoc2-c2ccc(CN3CCN(C)CC3)cc2)c(O)cc1O. The van der Waals surface area contributed by atoms with Crippen LogP contribution in [0.25, 0.3) is 22.6 Å². The summed E-state index contributed by atoms with van der Waals surface area (Å²) in [5.74, 6) is 0.800. The standard InChI is InChI=1S/C24H29N3O3/c1-16(2)19-12-20(22(29)13-21(19)28)23-24(30-15-25-23)18-6-4-17(5-7-18)14-27-10-8-26(3)9-11-27/h4-7,12-13,15-16,28-29H,8-11,14H2,1-3H3. The van der Waals surface area contributed by atoms with Crippen molar-refractivity contribution in [2.45, 2.75) is 26.3 Å². The van der Waals surface area contributed by atoms with E-state index in [1.165, 1.54) is 18.0 Å². The molecule has 1 fully saturated rings. The van der Waals surface area contributed by atoms with Crippen molar-refractivity contribution in [3.8, 4) is 34.1 Å². The molecule has 0 bridgehead atoms. The summed E-state index contributed by atoms with van der Waals surface area (Å²) in [6.07, 6.45) is 1.39. The molecule has 1 aromatic heterocycles. The lowest BCUT2D eigenvalue weighted by atomic mass is 9.96. The number of benzene rings is 2. The molecule has 0 saturated carbocycles. The highest BCUT2D eigenvalue weighted by atomic mass is 16.3. The summed E-state index contributed by atoms with van der Waals surface area (Å²) >= 11 is 0. The smallest absolute Gasteiger partial charge is 0.182 e. The van der Waals surface area contributed by atoms with Crippen LogP contribution in [0, 0.1) is 0 Å². The molecule has 2 aromatic carbocycles. The van der Waals surface area contributed by atoms with Crippen LogP contribution in [-0.2, 0) is 6.54 Å². The molecule has 1 aliphatic rings. The van der Waals surface area contributed by atoms with Crippen LogP contribution in [0.15, 0.2) is 47.2 Å². The number of likely N-dealkylation sites (N-methyl/N-ethyl adjacent to an activating group) is 1. The maximum atomic E-state index is 10.4. The van der Waals surface area contributed by atoms with E-state index >= 15 is 0 Å². The van der Waals surface area contributed by atoms with E-state index in [4.69, 9.17) is 4.42 Å². The summed E-state index contributed by atoms with van der Waals surface area (Å²) < 4.78 is 5.69. The van der Waals surface area contributed by atoms with Crippen LogP contribution in [0.1, 0.15) is 30.9 Å². The van der Waals surface area contributed by atoms with Gasteiger partial charge < -0.3 is 19.5 Å². The predicted octanol–water partition coefficient (Wildman–Crippen LogP) is 4.29. The third-order valence-electron chi connectivity index (χ3n) is 5.81. The Kier molecular flexibility index (Phi) is 5.79. The molecular formula is C24H29N3O3. The molecule has 0 atom stereocenters. The summed E-state index contributed by atoms with van der Waals surface area (Å²) in [5.41, 5.74) is 4.06. The lowest BCUT2D eigenvalue weighted by Crippen LogP contribution is -2.43. The van der Waals surface area contributed by atoms with Gasteiger partial charge in [0.15, 0.2) is 12.2 Å². The maximum Gasteiger partial charge on any atom is 0.182 e. The Morgan fingerprint density at radius 1 is 1.00 bits per heavy atom. The fourth-order valence-corrected chi connectivity index (χ4v) is 3.91. The molecule has 0 amide bonds. The number of nitrogens with zero attached hydrogens (tertiary/aromatic N) is 3. The number of piperazine rings is 1. The first-order valence-corrected chi connectivity index (χ1v) is 10.4. The van der Waals surface area contributed by atoms with Gasteiger partial charge in [0.1, 0.15) is 17.2 Å². The molecule has 1 aliphatic heterocycles. The number of aromatic hydroxyl groups is 2. The molecule has 6 heteroatoms. The fraction of sp³-hybridized carbons (Fsp3) is 0.375. The van der Waals surface area contributed by atoms with Crippen molar-refractivity contribution >= 4 is 0 Å². The van der Waals surface area contributed by atoms with E-state index in [9.17, 15) is 10.2 Å². The minimum Gasteiger partial charge on any atom is -0.508 e. The van der Waals surface area contributed by atoms with E-state index in [2.05, 4.69) is 34.0 Å². The lowest BCUT2D eigenvalue weighted by Gasteiger charge is -2.32. The molecule has 0 radical (unpaired) electrons. The number of hydrogen-bond donors (Lipinski definition) is 2. The average molecular weight is 408 g/mol. The molecule has 6 nitrogen and oxygen atoms in total. The summed E-state index contributed by atoms with van der Waals surface area (Å²) in [6.45, 7) is 9.32. The molecule has 30 heavy (non-hydrogen) atoms. The van der Waals surface area contributed by atoms with E-state index in [0.717, 1.165) is 43.9 Å². The topological polar surface area (TPSA) is 73.0 Å². The molecular weight excluding hydrogens is 378 g/mol. The van der Waals surface area contributed by atoms with Crippen LogP contribution in [0.2, 0.25) is 0 Å². The van der Waals surface area contributed by atoms with Crippen LogP contribution < -0.4 is 0 Å². The molecule has 2 N–H and O–H groups in total. The minimum atomic E-state index is -0.0151. The quantitative estimate of drug-likeness (QED) is 0.657. The van der Waals surface area contributed by atoms with Crippen LogP contribution in [0.3, 0.4) is 0 Å². The van der Waals surface area contributed by atoms with Crippen molar-refractivity contribution < 1.29 is 14.6 Å². The van der Waals surface area contributed by atoms with E-state index in [1.54, 1.807) is 6.07 Å². The Hall–Kier alpha value is -2.83. The lowest BCUT2D eigenvalue weighted by molar-refractivity contribution is 0.148. The number of phenolic OH excluding ortho intramolecular Hbond substituents is 2. The Labute approximate surface area is 177 Å². The van der Waals surface area contributed by atoms with Gasteiger partial charge in [-0.3, -0.25) is 4.90 Å². The highest BCUT2D eigenvalue weighted by molar-refractivity contribution is 5.81. The molecule has 0 spiro atoms. The number of oxazole rings is 1. The van der Waals surface area contributed by atoms with Gasteiger partial charge in [-0.15, -0.1) is 0 Å². The predicted molar refractivity (Wildman–Crippen MR) is 118 cm³/mol. The highest BCUT2D eigenvalue weighted by Crippen LogP contribution is 2.41. The largest absolute Gasteiger partial charge is 0.508 e. The summed E-state index contributed by atoms with van der Waals surface area (Å²) in [5, 5.41) is 20.6. The van der Waals surface area contributed by atoms with Crippen molar-refractivity contribution in [1.29, 1.82) is 0 Å². The average Bonchev–Trinajstić information content (AvgIpc) is 3.19. The van der Waals surface area contributed by atoms with Crippen molar-refractivity contribution in [2.24, 2.45) is 0 Å². The third-order valence-corrected chi connectivity index (χ3v) is 5.81. The zero-order chi connectivity index (χ0) is 21.3. The van der Waals surface area contributed by atoms with Gasteiger partial charge in [-0.1, -0.05) is 38.1 Å². The first kappa shape index (κ1) is 20.4. The van der Waals surface area contributed by atoms with Crippen LogP contribution >= 0.6 is 0 Å². The molecule has 0 unspecified atom stereocenters. The Balaban J connectivity index is 1.59. The van der Waals surface area contributed by atoms with Crippen molar-refractivity contribution in [2.75, 3.05) is 33.2 Å². The summed E-state index contributed by atoms with van der Waals surface area (Å²) in [7, 11) is 2.16. The zero-order valence-corrected chi connectivity index (χ0v) is 17.8. The number of hydrogen-bond acceptors (Lipinski definition) is 6. The van der Waals surface area contributed by atoms with Gasteiger partial charge in [0.2, 0.25) is 0 Å². The second kappa shape index (κ2) is 8.50. The third kappa shape index (κ3) is 4.20. The zero-order valence-electron chi connectivity index (χ0n) is 17.8. The van der Waals surface area contributed by atoms with Gasteiger partial charge in [0.25, 0.3) is 0 Å². The maximum absolute atomic E-state index is 10.4. The highest BCUT2D eigenvalue weighted by Gasteiger charge is 2.20. The van der Waals surface area contributed by atoms with Gasteiger partial charge in [0.05, 0.1) is 0 Å². The van der Waals surface area contributed by atoms with Gasteiger partial charge in [-0.25, -0.2) is 4.98 Å². The molecule has 4 rings (SSSR count). The van der Waals surface area contributed by atoms with Crippen LogP contribution in [0.5, 0.6) is 11.5 Å². The van der Waals surface area contributed by atoms with E-state index in [-0.39, 0.29) is 17.4 Å². The minimum absolute atomic E-state index is 0.0151. The van der Waals surface area contributed by atoms with Gasteiger partial charge in [0, 0.05) is 49.9 Å². The molecule has 1 saturated heterocycles. The second-order valence-electron chi connectivity index (χ2n) is 8.39. The Bertz CT molecular complexity index is 1000. The van der Waals surface area contributed by atoms with Crippen LogP contribution in [-0.4, -0.2) is 58.2 Å². The number of aromatic nitrogens is 1. The first-order valence-electron chi connectivity index (χ1n) is 10.4. The Morgan fingerprint density at radius 3 is 2.37 bits per heavy atom. The second-order valence-corrected chi connectivity index (χ2v) is 8.39. The van der Waals surface area contributed by atoms with Crippen molar-refractivity contribution in [1.82, 2.24) is 14.8 Å². The monoisotopic (exact) mass is 407 g/mol. The summed E-state index contributed by atoms with van der Waals surface area (Å²) in [6, 6.07) is 11.5. The normalized spacial score (nSPS) is 15.7. The number of phenols is 2. The van der Waals surface area contributed by atoms with E-state index in [1.807, 2.05) is 26.0 Å². The van der Waals surface area contributed by atoms with Crippen LogP contribution in [0.4, 0.5) is 0 Å². The van der Waals surface area contributed by atoms with Gasteiger partial charge in [-0.05, 0) is 30.2 Å². The molecule has 2 heterocycles. The Morgan fingerprint density at radius 2 is 1.70 bits per heavy atom. The van der Waals surface area contributed by atoms with E-state index < -0.39 is 0 Å². The first-order chi connectivity index (χ1) is 14.4.